The molecule has 0 unspecified atom stereocenters. The van der Waals surface area contributed by atoms with Gasteiger partial charge in [0.15, 0.2) is 5.82 Å². The van der Waals surface area contributed by atoms with E-state index >= 15 is 0 Å². The van der Waals surface area contributed by atoms with Crippen LogP contribution >= 0.6 is 0 Å². The van der Waals surface area contributed by atoms with Gasteiger partial charge in [0.05, 0.1) is 4.92 Å². The summed E-state index contributed by atoms with van der Waals surface area (Å²) in [4.78, 5) is 23.1. The molecular weight excluding hydrogens is 370 g/mol. The van der Waals surface area contributed by atoms with Crippen LogP contribution in [0.1, 0.15) is 41.0 Å². The zero-order valence-corrected chi connectivity index (χ0v) is 16.1. The summed E-state index contributed by atoms with van der Waals surface area (Å²) in [7, 11) is 0. The van der Waals surface area contributed by atoms with Crippen LogP contribution in [0.15, 0.2) is 42.5 Å². The van der Waals surface area contributed by atoms with Crippen LogP contribution in [-0.4, -0.2) is 25.6 Å². The summed E-state index contributed by atoms with van der Waals surface area (Å²) in [6.07, 6.45) is 4.41. The lowest BCUT2D eigenvalue weighted by atomic mass is 10.1. The number of rotatable bonds is 4. The number of amides is 1. The molecular formula is C21H21N5O3. The second kappa shape index (κ2) is 7.83. The quantitative estimate of drug-likeness (QED) is 0.532. The number of aromatic nitrogens is 3. The van der Waals surface area contributed by atoms with Crippen molar-refractivity contribution in [1.82, 2.24) is 14.8 Å². The van der Waals surface area contributed by atoms with E-state index in [0.29, 0.717) is 11.3 Å². The molecule has 29 heavy (non-hydrogen) atoms. The van der Waals surface area contributed by atoms with Gasteiger partial charge < -0.3 is 9.88 Å². The van der Waals surface area contributed by atoms with E-state index < -0.39 is 10.8 Å². The minimum atomic E-state index is -0.484. The highest BCUT2D eigenvalue weighted by Crippen LogP contribution is 2.25. The van der Waals surface area contributed by atoms with Crippen LogP contribution in [0.2, 0.25) is 0 Å². The van der Waals surface area contributed by atoms with Crippen molar-refractivity contribution >= 4 is 17.3 Å². The highest BCUT2D eigenvalue weighted by Gasteiger charge is 2.17. The molecule has 148 valence electrons. The standard InChI is InChI=1S/C21H21N5O3/c1-14-6-7-16(13-18(14)26(28)29)21(27)22-17-10-8-15(9-11-17)20-24-23-19-5-3-2-4-12-25(19)20/h6-11,13H,2-5,12H2,1H3,(H,22,27). The predicted molar refractivity (Wildman–Crippen MR) is 109 cm³/mol. The number of benzene rings is 2. The molecule has 1 aliphatic rings. The maximum absolute atomic E-state index is 12.5. The van der Waals surface area contributed by atoms with Gasteiger partial charge in [0.1, 0.15) is 5.82 Å². The average Bonchev–Trinajstić information content (AvgIpc) is 2.96. The predicted octanol–water partition coefficient (Wildman–Crippen LogP) is 4.14. The molecule has 0 atom stereocenters. The van der Waals surface area contributed by atoms with Gasteiger partial charge in [0.25, 0.3) is 11.6 Å². The number of carbonyl (C=O) groups is 1. The van der Waals surface area contributed by atoms with Gasteiger partial charge in [-0.25, -0.2) is 0 Å². The van der Waals surface area contributed by atoms with Crippen molar-refractivity contribution in [2.75, 3.05) is 5.32 Å². The Kier molecular flexibility index (Phi) is 5.07. The molecule has 8 heteroatoms. The van der Waals surface area contributed by atoms with Crippen molar-refractivity contribution < 1.29 is 9.72 Å². The first-order valence-corrected chi connectivity index (χ1v) is 9.62. The van der Waals surface area contributed by atoms with Gasteiger partial charge in [-0.1, -0.05) is 12.5 Å². The van der Waals surface area contributed by atoms with Crippen molar-refractivity contribution in [2.24, 2.45) is 0 Å². The zero-order valence-electron chi connectivity index (χ0n) is 16.1. The Morgan fingerprint density at radius 3 is 2.66 bits per heavy atom. The van der Waals surface area contributed by atoms with Crippen LogP contribution < -0.4 is 5.32 Å². The van der Waals surface area contributed by atoms with Crippen molar-refractivity contribution in [2.45, 2.75) is 39.2 Å². The topological polar surface area (TPSA) is 103 Å². The number of nitro benzene ring substituents is 1. The second-order valence-electron chi connectivity index (χ2n) is 7.19. The number of hydrogen-bond donors (Lipinski definition) is 1. The van der Waals surface area contributed by atoms with E-state index in [1.165, 1.54) is 12.5 Å². The van der Waals surface area contributed by atoms with Gasteiger partial charge in [-0.05, 0) is 50.1 Å². The summed E-state index contributed by atoms with van der Waals surface area (Å²) in [5.74, 6) is 1.47. The fraction of sp³-hybridized carbons (Fsp3) is 0.286. The van der Waals surface area contributed by atoms with Crippen molar-refractivity contribution in [3.05, 3.63) is 69.5 Å². The van der Waals surface area contributed by atoms with Crippen LogP contribution in [0.3, 0.4) is 0 Å². The summed E-state index contributed by atoms with van der Waals surface area (Å²) in [5, 5.41) is 22.5. The highest BCUT2D eigenvalue weighted by molar-refractivity contribution is 6.04. The summed E-state index contributed by atoms with van der Waals surface area (Å²) < 4.78 is 2.17. The maximum atomic E-state index is 12.5. The molecule has 2 heterocycles. The van der Waals surface area contributed by atoms with E-state index in [1.807, 2.05) is 12.1 Å². The molecule has 0 radical (unpaired) electrons. The van der Waals surface area contributed by atoms with Crippen molar-refractivity contribution in [3.63, 3.8) is 0 Å². The number of hydrogen-bond acceptors (Lipinski definition) is 5. The molecule has 0 bridgehead atoms. The normalized spacial score (nSPS) is 13.4. The van der Waals surface area contributed by atoms with E-state index in [0.717, 1.165) is 43.0 Å². The zero-order chi connectivity index (χ0) is 20.4. The minimum Gasteiger partial charge on any atom is -0.322 e. The van der Waals surface area contributed by atoms with Crippen LogP contribution in [0.4, 0.5) is 11.4 Å². The van der Waals surface area contributed by atoms with E-state index in [9.17, 15) is 14.9 Å². The average molecular weight is 391 g/mol. The third-order valence-corrected chi connectivity index (χ3v) is 5.18. The Morgan fingerprint density at radius 2 is 1.90 bits per heavy atom. The van der Waals surface area contributed by atoms with E-state index in [-0.39, 0.29) is 11.3 Å². The Balaban J connectivity index is 1.52. The SMILES string of the molecule is Cc1ccc(C(=O)Nc2ccc(-c3nnc4n3CCCCC4)cc2)cc1[N+](=O)[O-]. The Labute approximate surface area is 167 Å². The van der Waals surface area contributed by atoms with Crippen LogP contribution in [0.5, 0.6) is 0 Å². The lowest BCUT2D eigenvalue weighted by Crippen LogP contribution is -2.12. The van der Waals surface area contributed by atoms with Gasteiger partial charge in [0, 0.05) is 41.4 Å². The number of fused-ring (bicyclic) bond motifs is 1. The third kappa shape index (κ3) is 3.87. The molecule has 1 amide bonds. The van der Waals surface area contributed by atoms with Gasteiger partial charge in [-0.3, -0.25) is 14.9 Å². The molecule has 1 aliphatic heterocycles. The Hall–Kier alpha value is -3.55. The molecule has 3 aromatic rings. The first-order valence-electron chi connectivity index (χ1n) is 9.62. The summed E-state index contributed by atoms with van der Waals surface area (Å²) in [6.45, 7) is 2.56. The summed E-state index contributed by atoms with van der Waals surface area (Å²) in [6, 6.07) is 11.8. The molecule has 4 rings (SSSR count). The molecule has 0 fully saturated rings. The van der Waals surface area contributed by atoms with Crippen LogP contribution in [0, 0.1) is 17.0 Å². The molecule has 1 aromatic heterocycles. The van der Waals surface area contributed by atoms with Crippen molar-refractivity contribution in [3.8, 4) is 11.4 Å². The van der Waals surface area contributed by atoms with Gasteiger partial charge in [-0.2, -0.15) is 0 Å². The molecule has 0 saturated carbocycles. The number of nitrogens with one attached hydrogen (secondary N) is 1. The van der Waals surface area contributed by atoms with E-state index in [2.05, 4.69) is 20.1 Å². The smallest absolute Gasteiger partial charge is 0.273 e. The number of nitrogens with zero attached hydrogens (tertiary/aromatic N) is 4. The minimum absolute atomic E-state index is 0.0690. The fourth-order valence-corrected chi connectivity index (χ4v) is 3.55. The number of carbonyl (C=O) groups excluding carboxylic acids is 1. The first-order chi connectivity index (χ1) is 14.0. The second-order valence-corrected chi connectivity index (χ2v) is 7.19. The van der Waals surface area contributed by atoms with E-state index in [1.54, 1.807) is 31.2 Å². The van der Waals surface area contributed by atoms with Gasteiger partial charge in [0.2, 0.25) is 0 Å². The third-order valence-electron chi connectivity index (χ3n) is 5.18. The molecule has 1 N–H and O–H groups in total. The Morgan fingerprint density at radius 1 is 1.10 bits per heavy atom. The fourth-order valence-electron chi connectivity index (χ4n) is 3.55. The Bertz CT molecular complexity index is 1070. The molecule has 0 aliphatic carbocycles. The monoisotopic (exact) mass is 391 g/mol. The van der Waals surface area contributed by atoms with Crippen molar-refractivity contribution in [1.29, 1.82) is 0 Å². The molecule has 8 nitrogen and oxygen atoms in total. The lowest BCUT2D eigenvalue weighted by Gasteiger charge is -2.09. The molecule has 2 aromatic carbocycles. The summed E-state index contributed by atoms with van der Waals surface area (Å²) in [5.41, 5.74) is 2.24. The number of anilines is 1. The molecule has 0 saturated heterocycles. The summed E-state index contributed by atoms with van der Waals surface area (Å²) >= 11 is 0. The number of nitro groups is 1. The van der Waals surface area contributed by atoms with Crippen LogP contribution in [-0.2, 0) is 13.0 Å². The maximum Gasteiger partial charge on any atom is 0.273 e. The highest BCUT2D eigenvalue weighted by atomic mass is 16.6. The number of aryl methyl sites for hydroxylation is 2. The largest absolute Gasteiger partial charge is 0.322 e. The lowest BCUT2D eigenvalue weighted by molar-refractivity contribution is -0.385. The first kappa shape index (κ1) is 18.8. The van der Waals surface area contributed by atoms with Gasteiger partial charge >= 0.3 is 0 Å². The van der Waals surface area contributed by atoms with E-state index in [4.69, 9.17) is 0 Å². The van der Waals surface area contributed by atoms with Gasteiger partial charge in [-0.15, -0.1) is 10.2 Å². The molecule has 0 spiro atoms. The van der Waals surface area contributed by atoms with Crippen LogP contribution in [0.25, 0.3) is 11.4 Å².